The summed E-state index contributed by atoms with van der Waals surface area (Å²) in [5.74, 6) is 0. The number of hydrogen-bond donors (Lipinski definition) is 2. The quantitative estimate of drug-likeness (QED) is 0.831. The first kappa shape index (κ1) is 12.2. The third-order valence-electron chi connectivity index (χ3n) is 2.23. The molecule has 2 rings (SSSR count). The second-order valence-corrected chi connectivity index (χ2v) is 4.87. The molecular formula is C13H14IN3. The molecule has 0 fully saturated rings. The summed E-state index contributed by atoms with van der Waals surface area (Å²) in [6.07, 6.45) is 3.64. The molecule has 1 aromatic carbocycles. The van der Waals surface area contributed by atoms with Crippen molar-refractivity contribution in [2.75, 3.05) is 17.2 Å². The van der Waals surface area contributed by atoms with Gasteiger partial charge in [0.2, 0.25) is 0 Å². The van der Waals surface area contributed by atoms with Crippen molar-refractivity contribution in [3.63, 3.8) is 0 Å². The van der Waals surface area contributed by atoms with E-state index < -0.39 is 0 Å². The smallest absolute Gasteiger partial charge is 0.0591 e. The molecule has 88 valence electrons. The highest BCUT2D eigenvalue weighted by Crippen LogP contribution is 2.20. The highest BCUT2D eigenvalue weighted by atomic mass is 127. The molecule has 0 unspecified atom stereocenters. The van der Waals surface area contributed by atoms with E-state index in [-0.39, 0.29) is 0 Å². The average molecular weight is 339 g/mol. The van der Waals surface area contributed by atoms with Crippen LogP contribution in [0, 0.1) is 3.57 Å². The molecule has 0 saturated heterocycles. The first-order chi connectivity index (χ1) is 8.28. The monoisotopic (exact) mass is 339 g/mol. The Hall–Kier alpha value is -1.30. The topological polar surface area (TPSA) is 37.0 Å². The lowest BCUT2D eigenvalue weighted by Crippen LogP contribution is -1.98. The second kappa shape index (κ2) is 5.86. The minimum Gasteiger partial charge on any atom is -0.384 e. The van der Waals surface area contributed by atoms with E-state index in [1.54, 1.807) is 0 Å². The molecule has 0 atom stereocenters. The molecule has 17 heavy (non-hydrogen) atoms. The fourth-order valence-corrected chi connectivity index (χ4v) is 2.09. The third kappa shape index (κ3) is 3.59. The molecular weight excluding hydrogens is 325 g/mol. The van der Waals surface area contributed by atoms with Gasteiger partial charge in [0, 0.05) is 15.8 Å². The van der Waals surface area contributed by atoms with Gasteiger partial charge in [0.05, 0.1) is 23.8 Å². The summed E-state index contributed by atoms with van der Waals surface area (Å²) in [4.78, 5) is 4.19. The normalized spacial score (nSPS) is 10.0. The van der Waals surface area contributed by atoms with Crippen LogP contribution in [0.5, 0.6) is 0 Å². The maximum atomic E-state index is 4.19. The first-order valence-corrected chi connectivity index (χ1v) is 6.57. The van der Waals surface area contributed by atoms with Gasteiger partial charge in [-0.25, -0.2) is 0 Å². The van der Waals surface area contributed by atoms with Crippen LogP contribution >= 0.6 is 22.6 Å². The number of rotatable bonds is 4. The van der Waals surface area contributed by atoms with Gasteiger partial charge in [-0.2, -0.15) is 0 Å². The number of pyridine rings is 1. The lowest BCUT2D eigenvalue weighted by Gasteiger charge is -2.08. The van der Waals surface area contributed by atoms with Crippen LogP contribution in [0.4, 0.5) is 17.1 Å². The number of aromatic nitrogens is 1. The molecule has 0 saturated carbocycles. The summed E-state index contributed by atoms with van der Waals surface area (Å²) >= 11 is 2.30. The lowest BCUT2D eigenvalue weighted by atomic mass is 10.3. The van der Waals surface area contributed by atoms with Crippen molar-refractivity contribution in [3.8, 4) is 0 Å². The highest BCUT2D eigenvalue weighted by molar-refractivity contribution is 14.1. The van der Waals surface area contributed by atoms with Crippen LogP contribution in [0.15, 0.2) is 42.7 Å². The molecule has 0 radical (unpaired) electrons. The van der Waals surface area contributed by atoms with Gasteiger partial charge in [0.15, 0.2) is 0 Å². The number of hydrogen-bond acceptors (Lipinski definition) is 3. The van der Waals surface area contributed by atoms with Gasteiger partial charge < -0.3 is 10.6 Å². The number of benzene rings is 1. The molecule has 3 nitrogen and oxygen atoms in total. The second-order valence-electron chi connectivity index (χ2n) is 3.63. The van der Waals surface area contributed by atoms with Gasteiger partial charge in [-0.15, -0.1) is 0 Å². The molecule has 0 aliphatic heterocycles. The third-order valence-corrected chi connectivity index (χ3v) is 2.90. The Morgan fingerprint density at radius 3 is 2.71 bits per heavy atom. The van der Waals surface area contributed by atoms with Gasteiger partial charge >= 0.3 is 0 Å². The van der Waals surface area contributed by atoms with Crippen molar-refractivity contribution in [3.05, 3.63) is 46.3 Å². The zero-order valence-corrected chi connectivity index (χ0v) is 11.7. The fraction of sp³-hybridized carbons (Fsp3) is 0.154. The van der Waals surface area contributed by atoms with Gasteiger partial charge in [0.25, 0.3) is 0 Å². The Kier molecular flexibility index (Phi) is 4.19. The molecule has 2 aromatic rings. The van der Waals surface area contributed by atoms with Gasteiger partial charge in [-0.05, 0) is 53.8 Å². The molecule has 0 aliphatic rings. The van der Waals surface area contributed by atoms with Crippen molar-refractivity contribution >= 4 is 39.7 Å². The lowest BCUT2D eigenvalue weighted by molar-refractivity contribution is 1.19. The number of anilines is 3. The summed E-state index contributed by atoms with van der Waals surface area (Å²) in [5, 5.41) is 6.58. The van der Waals surface area contributed by atoms with E-state index in [0.29, 0.717) is 0 Å². The summed E-state index contributed by atoms with van der Waals surface area (Å²) in [7, 11) is 0. The van der Waals surface area contributed by atoms with Crippen LogP contribution in [0.25, 0.3) is 0 Å². The molecule has 2 N–H and O–H groups in total. The van der Waals surface area contributed by atoms with Crippen LogP contribution in [0.1, 0.15) is 6.92 Å². The summed E-state index contributed by atoms with van der Waals surface area (Å²) < 4.78 is 1.21. The molecule has 0 bridgehead atoms. The number of nitrogens with one attached hydrogen (secondary N) is 2. The SMILES string of the molecule is CCNc1cncc(Nc2cccc(I)c2)c1. The van der Waals surface area contributed by atoms with Crippen molar-refractivity contribution in [2.24, 2.45) is 0 Å². The minimum absolute atomic E-state index is 0.897. The van der Waals surface area contributed by atoms with Gasteiger partial charge in [-0.3, -0.25) is 4.98 Å². The van der Waals surface area contributed by atoms with Crippen LogP contribution in [0.3, 0.4) is 0 Å². The van der Waals surface area contributed by atoms with E-state index in [9.17, 15) is 0 Å². The van der Waals surface area contributed by atoms with Crippen molar-refractivity contribution in [2.45, 2.75) is 6.92 Å². The fourth-order valence-electron chi connectivity index (χ4n) is 1.54. The number of nitrogens with zero attached hydrogens (tertiary/aromatic N) is 1. The Morgan fingerprint density at radius 1 is 1.12 bits per heavy atom. The molecule has 0 spiro atoms. The van der Waals surface area contributed by atoms with Crippen molar-refractivity contribution < 1.29 is 0 Å². The van der Waals surface area contributed by atoms with Crippen LogP contribution in [-0.2, 0) is 0 Å². The minimum atomic E-state index is 0.897. The zero-order valence-electron chi connectivity index (χ0n) is 9.57. The molecule has 1 heterocycles. The number of halogens is 1. The van der Waals surface area contributed by atoms with E-state index in [2.05, 4.69) is 63.3 Å². The molecule has 0 amide bonds. The van der Waals surface area contributed by atoms with E-state index in [4.69, 9.17) is 0 Å². The van der Waals surface area contributed by atoms with Crippen molar-refractivity contribution in [1.82, 2.24) is 4.98 Å². The summed E-state index contributed by atoms with van der Waals surface area (Å²) in [5.41, 5.74) is 3.10. The maximum Gasteiger partial charge on any atom is 0.0591 e. The van der Waals surface area contributed by atoms with Gasteiger partial charge in [-0.1, -0.05) is 6.07 Å². The maximum absolute atomic E-state index is 4.19. The van der Waals surface area contributed by atoms with Crippen LogP contribution in [-0.4, -0.2) is 11.5 Å². The van der Waals surface area contributed by atoms with Crippen molar-refractivity contribution in [1.29, 1.82) is 0 Å². The van der Waals surface area contributed by atoms with E-state index in [1.807, 2.05) is 24.5 Å². The van der Waals surface area contributed by atoms with E-state index in [1.165, 1.54) is 3.57 Å². The predicted molar refractivity (Wildman–Crippen MR) is 80.8 cm³/mol. The predicted octanol–water partition coefficient (Wildman–Crippen LogP) is 3.86. The zero-order chi connectivity index (χ0) is 12.1. The molecule has 1 aromatic heterocycles. The Morgan fingerprint density at radius 2 is 1.94 bits per heavy atom. The highest BCUT2D eigenvalue weighted by Gasteiger charge is 1.97. The molecule has 4 heteroatoms. The Labute approximate surface area is 115 Å². The first-order valence-electron chi connectivity index (χ1n) is 5.49. The average Bonchev–Trinajstić information content (AvgIpc) is 2.30. The molecule has 0 aliphatic carbocycles. The van der Waals surface area contributed by atoms with Crippen LogP contribution < -0.4 is 10.6 Å². The Bertz CT molecular complexity index is 500. The van der Waals surface area contributed by atoms with Crippen LogP contribution in [0.2, 0.25) is 0 Å². The summed E-state index contributed by atoms with van der Waals surface area (Å²) in [6, 6.07) is 10.3. The Balaban J connectivity index is 2.15. The largest absolute Gasteiger partial charge is 0.384 e. The van der Waals surface area contributed by atoms with E-state index in [0.717, 1.165) is 23.6 Å². The van der Waals surface area contributed by atoms with E-state index >= 15 is 0 Å². The standard InChI is InChI=1S/C13H14IN3/c1-2-16-12-7-13(9-15-8-12)17-11-5-3-4-10(14)6-11/h3-9,16-17H,2H2,1H3. The summed E-state index contributed by atoms with van der Waals surface area (Å²) in [6.45, 7) is 2.97. The van der Waals surface area contributed by atoms with Gasteiger partial charge in [0.1, 0.15) is 0 Å².